The number of benzene rings is 2. The van der Waals surface area contributed by atoms with Crippen molar-refractivity contribution in [1.82, 2.24) is 4.72 Å². The van der Waals surface area contributed by atoms with Crippen LogP contribution in [0.1, 0.15) is 24.4 Å². The molecule has 24 heavy (non-hydrogen) atoms. The Hall–Kier alpha value is -1.27. The lowest BCUT2D eigenvalue weighted by molar-refractivity contribution is 0.414. The van der Waals surface area contributed by atoms with Crippen LogP contribution in [0.5, 0.6) is 5.75 Å². The first-order valence-electron chi connectivity index (χ1n) is 7.52. The maximum atomic E-state index is 12.8. The average molecular weight is 386 g/mol. The van der Waals surface area contributed by atoms with Crippen molar-refractivity contribution < 1.29 is 13.2 Å². The molecule has 1 N–H and O–H groups in total. The van der Waals surface area contributed by atoms with E-state index in [9.17, 15) is 8.42 Å². The molecule has 1 aliphatic carbocycles. The average Bonchev–Trinajstić information content (AvgIpc) is 3.40. The van der Waals surface area contributed by atoms with E-state index in [2.05, 4.69) is 4.72 Å². The predicted octanol–water partition coefficient (Wildman–Crippen LogP) is 4.43. The number of ether oxygens (including phenoxy) is 1. The molecule has 2 aromatic carbocycles. The molecule has 2 aromatic rings. The highest BCUT2D eigenvalue weighted by Gasteiger charge is 2.36. The van der Waals surface area contributed by atoms with E-state index >= 15 is 0 Å². The van der Waals surface area contributed by atoms with Gasteiger partial charge in [0.15, 0.2) is 0 Å². The molecule has 0 aromatic heterocycles. The van der Waals surface area contributed by atoms with Gasteiger partial charge in [0, 0.05) is 11.1 Å². The number of sulfonamides is 1. The van der Waals surface area contributed by atoms with Crippen molar-refractivity contribution in [1.29, 1.82) is 0 Å². The number of methoxy groups -OCH3 is 1. The normalized spacial score (nSPS) is 16.0. The van der Waals surface area contributed by atoms with Crippen molar-refractivity contribution in [3.8, 4) is 5.75 Å². The van der Waals surface area contributed by atoms with E-state index in [1.165, 1.54) is 12.1 Å². The fraction of sp³-hybridized carbons (Fsp3) is 0.294. The second-order valence-electron chi connectivity index (χ2n) is 5.78. The zero-order chi connectivity index (χ0) is 17.3. The Morgan fingerprint density at radius 2 is 1.79 bits per heavy atom. The topological polar surface area (TPSA) is 55.4 Å². The van der Waals surface area contributed by atoms with Gasteiger partial charge in [0.25, 0.3) is 0 Å². The smallest absolute Gasteiger partial charge is 0.242 e. The maximum Gasteiger partial charge on any atom is 0.242 e. The van der Waals surface area contributed by atoms with Gasteiger partial charge in [0.1, 0.15) is 10.6 Å². The molecule has 0 spiro atoms. The molecule has 7 heteroatoms. The SMILES string of the molecule is COc1ccc(C(NS(=O)(=O)c2cc(Cl)ccc2Cl)C2CC2)cc1. The first-order valence-corrected chi connectivity index (χ1v) is 9.76. The lowest BCUT2D eigenvalue weighted by atomic mass is 10.0. The van der Waals surface area contributed by atoms with Gasteiger partial charge >= 0.3 is 0 Å². The fourth-order valence-corrected chi connectivity index (χ4v) is 4.65. The van der Waals surface area contributed by atoms with Crippen LogP contribution in [0.4, 0.5) is 0 Å². The summed E-state index contributed by atoms with van der Waals surface area (Å²) in [5.41, 5.74) is 0.903. The summed E-state index contributed by atoms with van der Waals surface area (Å²) in [6.45, 7) is 0. The van der Waals surface area contributed by atoms with E-state index in [0.717, 1.165) is 24.2 Å². The Bertz CT molecular complexity index is 833. The summed E-state index contributed by atoms with van der Waals surface area (Å²) < 4.78 is 33.5. The van der Waals surface area contributed by atoms with Gasteiger partial charge in [-0.3, -0.25) is 0 Å². The minimum atomic E-state index is -3.78. The Morgan fingerprint density at radius 1 is 1.12 bits per heavy atom. The monoisotopic (exact) mass is 385 g/mol. The van der Waals surface area contributed by atoms with Gasteiger partial charge in [-0.15, -0.1) is 0 Å². The third kappa shape index (κ3) is 3.86. The van der Waals surface area contributed by atoms with E-state index in [1.54, 1.807) is 13.2 Å². The molecule has 0 aliphatic heterocycles. The highest BCUT2D eigenvalue weighted by atomic mass is 35.5. The molecule has 1 fully saturated rings. The van der Waals surface area contributed by atoms with E-state index in [4.69, 9.17) is 27.9 Å². The van der Waals surface area contributed by atoms with E-state index < -0.39 is 10.0 Å². The number of rotatable bonds is 6. The third-order valence-electron chi connectivity index (χ3n) is 4.03. The fourth-order valence-electron chi connectivity index (χ4n) is 2.59. The molecular formula is C17H17Cl2NO3S. The van der Waals surface area contributed by atoms with Crippen molar-refractivity contribution >= 4 is 33.2 Å². The molecular weight excluding hydrogens is 369 g/mol. The van der Waals surface area contributed by atoms with Crippen LogP contribution in [0.15, 0.2) is 47.4 Å². The summed E-state index contributed by atoms with van der Waals surface area (Å²) >= 11 is 12.0. The van der Waals surface area contributed by atoms with Gasteiger partial charge in [-0.05, 0) is 54.7 Å². The summed E-state index contributed by atoms with van der Waals surface area (Å²) in [4.78, 5) is -0.00386. The van der Waals surface area contributed by atoms with Crippen LogP contribution in [0.25, 0.3) is 0 Å². The molecule has 4 nitrogen and oxygen atoms in total. The number of nitrogens with one attached hydrogen (secondary N) is 1. The second-order valence-corrected chi connectivity index (χ2v) is 8.31. The predicted molar refractivity (Wildman–Crippen MR) is 95.2 cm³/mol. The van der Waals surface area contributed by atoms with Crippen molar-refractivity contribution in [3.63, 3.8) is 0 Å². The zero-order valence-electron chi connectivity index (χ0n) is 13.0. The zero-order valence-corrected chi connectivity index (χ0v) is 15.3. The summed E-state index contributed by atoms with van der Waals surface area (Å²) in [6.07, 6.45) is 1.98. The Kier molecular flexibility index (Phi) is 5.06. The first kappa shape index (κ1) is 17.5. The van der Waals surface area contributed by atoms with Crippen molar-refractivity contribution in [3.05, 3.63) is 58.1 Å². The molecule has 1 atom stereocenters. The van der Waals surface area contributed by atoms with Gasteiger partial charge in [-0.25, -0.2) is 13.1 Å². The summed E-state index contributed by atoms with van der Waals surface area (Å²) in [7, 11) is -2.18. The molecule has 1 unspecified atom stereocenters. The number of halogens is 2. The number of hydrogen-bond donors (Lipinski definition) is 1. The molecule has 128 valence electrons. The molecule has 0 amide bonds. The van der Waals surface area contributed by atoms with E-state index in [0.29, 0.717) is 5.02 Å². The van der Waals surface area contributed by atoms with Crippen molar-refractivity contribution in [2.24, 2.45) is 5.92 Å². The van der Waals surface area contributed by atoms with Crippen LogP contribution in [-0.2, 0) is 10.0 Å². The maximum absolute atomic E-state index is 12.8. The van der Waals surface area contributed by atoms with Crippen LogP contribution in [-0.4, -0.2) is 15.5 Å². The van der Waals surface area contributed by atoms with Gasteiger partial charge < -0.3 is 4.74 Å². The quantitative estimate of drug-likeness (QED) is 0.799. The highest BCUT2D eigenvalue weighted by molar-refractivity contribution is 7.89. The molecule has 1 aliphatic rings. The highest BCUT2D eigenvalue weighted by Crippen LogP contribution is 2.42. The van der Waals surface area contributed by atoms with Crippen LogP contribution >= 0.6 is 23.2 Å². The molecule has 0 radical (unpaired) electrons. The van der Waals surface area contributed by atoms with Gasteiger partial charge in [0.2, 0.25) is 10.0 Å². The van der Waals surface area contributed by atoms with Gasteiger partial charge in [-0.1, -0.05) is 35.3 Å². The van der Waals surface area contributed by atoms with E-state index in [1.807, 2.05) is 24.3 Å². The minimum absolute atomic E-state index is 0.00386. The van der Waals surface area contributed by atoms with Crippen LogP contribution in [0.2, 0.25) is 10.0 Å². The minimum Gasteiger partial charge on any atom is -0.497 e. The third-order valence-corrected chi connectivity index (χ3v) is 6.19. The van der Waals surface area contributed by atoms with Gasteiger partial charge in [-0.2, -0.15) is 0 Å². The van der Waals surface area contributed by atoms with Crippen molar-refractivity contribution in [2.75, 3.05) is 7.11 Å². The lowest BCUT2D eigenvalue weighted by Crippen LogP contribution is -2.30. The second kappa shape index (κ2) is 6.92. The standard InChI is InChI=1S/C17H17Cl2NO3S/c1-23-14-7-4-12(5-8-14)17(11-2-3-11)20-24(21,22)16-10-13(18)6-9-15(16)19/h4-11,17,20H,2-3H2,1H3. The lowest BCUT2D eigenvalue weighted by Gasteiger charge is -2.19. The van der Waals surface area contributed by atoms with Gasteiger partial charge in [0.05, 0.1) is 12.1 Å². The van der Waals surface area contributed by atoms with E-state index in [-0.39, 0.29) is 21.9 Å². The van der Waals surface area contributed by atoms with Crippen LogP contribution < -0.4 is 9.46 Å². The molecule has 0 heterocycles. The molecule has 3 rings (SSSR count). The van der Waals surface area contributed by atoms with Crippen LogP contribution in [0, 0.1) is 5.92 Å². The molecule has 1 saturated carbocycles. The largest absolute Gasteiger partial charge is 0.497 e. The number of hydrogen-bond acceptors (Lipinski definition) is 3. The molecule has 0 bridgehead atoms. The molecule has 0 saturated heterocycles. The summed E-state index contributed by atoms with van der Waals surface area (Å²) in [6, 6.07) is 11.5. The first-order chi connectivity index (χ1) is 11.4. The Labute approximate surface area is 151 Å². The summed E-state index contributed by atoms with van der Waals surface area (Å²) in [5.74, 6) is 1.01. The van der Waals surface area contributed by atoms with Crippen molar-refractivity contribution in [2.45, 2.75) is 23.8 Å². The Balaban J connectivity index is 1.91. The Morgan fingerprint density at radius 3 is 2.38 bits per heavy atom. The summed E-state index contributed by atoms with van der Waals surface area (Å²) in [5, 5.41) is 0.475. The van der Waals surface area contributed by atoms with Crippen LogP contribution in [0.3, 0.4) is 0 Å².